The molecule has 1 heterocycles. The van der Waals surface area contributed by atoms with E-state index in [1.807, 2.05) is 30.3 Å². The predicted octanol–water partition coefficient (Wildman–Crippen LogP) is 1.76. The van der Waals surface area contributed by atoms with Crippen molar-refractivity contribution >= 4 is 5.91 Å². The van der Waals surface area contributed by atoms with Crippen LogP contribution in [0.4, 0.5) is 0 Å². The molecule has 1 saturated heterocycles. The van der Waals surface area contributed by atoms with Gasteiger partial charge in [-0.15, -0.1) is 0 Å². The SMILES string of the molecule is NCCCC(=O)N[C@H](c1ccccc1)[C@H]1CCCO1. The zero-order valence-corrected chi connectivity index (χ0v) is 11.2. The van der Waals surface area contributed by atoms with Crippen molar-refractivity contribution in [2.75, 3.05) is 13.2 Å². The summed E-state index contributed by atoms with van der Waals surface area (Å²) < 4.78 is 5.74. The molecule has 0 saturated carbocycles. The highest BCUT2D eigenvalue weighted by molar-refractivity contribution is 5.76. The fourth-order valence-electron chi connectivity index (χ4n) is 2.42. The van der Waals surface area contributed by atoms with Crippen LogP contribution in [-0.4, -0.2) is 25.2 Å². The Morgan fingerprint density at radius 3 is 2.84 bits per heavy atom. The first kappa shape index (κ1) is 14.0. The fourth-order valence-corrected chi connectivity index (χ4v) is 2.42. The fraction of sp³-hybridized carbons (Fsp3) is 0.533. The predicted molar refractivity (Wildman–Crippen MR) is 74.6 cm³/mol. The summed E-state index contributed by atoms with van der Waals surface area (Å²) in [6, 6.07) is 9.98. The minimum absolute atomic E-state index is 0.0472. The van der Waals surface area contributed by atoms with Crippen molar-refractivity contribution in [3.8, 4) is 0 Å². The molecule has 2 atom stereocenters. The lowest BCUT2D eigenvalue weighted by Crippen LogP contribution is -2.36. The number of hydrogen-bond acceptors (Lipinski definition) is 3. The van der Waals surface area contributed by atoms with Crippen LogP contribution in [0.1, 0.15) is 37.3 Å². The summed E-state index contributed by atoms with van der Waals surface area (Å²) in [4.78, 5) is 11.9. The Morgan fingerprint density at radius 1 is 1.42 bits per heavy atom. The Kier molecular flexibility index (Phi) is 5.36. The average molecular weight is 262 g/mol. The average Bonchev–Trinajstić information content (AvgIpc) is 2.97. The Bertz CT molecular complexity index is 388. The number of nitrogens with one attached hydrogen (secondary N) is 1. The van der Waals surface area contributed by atoms with Crippen molar-refractivity contribution in [3.63, 3.8) is 0 Å². The topological polar surface area (TPSA) is 64.4 Å². The Balaban J connectivity index is 2.04. The lowest BCUT2D eigenvalue weighted by molar-refractivity contribution is -0.122. The molecule has 0 aromatic heterocycles. The normalized spacial score (nSPS) is 20.2. The molecule has 1 amide bonds. The van der Waals surface area contributed by atoms with E-state index in [-0.39, 0.29) is 18.1 Å². The van der Waals surface area contributed by atoms with Gasteiger partial charge in [0.15, 0.2) is 0 Å². The van der Waals surface area contributed by atoms with Crippen molar-refractivity contribution in [2.45, 2.75) is 37.8 Å². The molecular weight excluding hydrogens is 240 g/mol. The maximum atomic E-state index is 11.9. The van der Waals surface area contributed by atoms with Crippen molar-refractivity contribution in [1.29, 1.82) is 0 Å². The second-order valence-electron chi connectivity index (χ2n) is 4.90. The standard InChI is InChI=1S/C15H22N2O2/c16-10-4-9-14(18)17-15(13-8-5-11-19-13)12-6-2-1-3-7-12/h1-3,6-7,13,15H,4-5,8-11,16H2,(H,17,18)/t13-,15-/m1/s1. The molecular formula is C15H22N2O2. The summed E-state index contributed by atoms with van der Waals surface area (Å²) in [5.74, 6) is 0.0507. The molecule has 1 aromatic carbocycles. The van der Waals surface area contributed by atoms with Crippen molar-refractivity contribution in [1.82, 2.24) is 5.32 Å². The van der Waals surface area contributed by atoms with Crippen LogP contribution in [0.5, 0.6) is 0 Å². The number of amides is 1. The van der Waals surface area contributed by atoms with Gasteiger partial charge in [-0.1, -0.05) is 30.3 Å². The lowest BCUT2D eigenvalue weighted by atomic mass is 9.99. The third-order valence-corrected chi connectivity index (χ3v) is 3.42. The molecule has 1 fully saturated rings. The van der Waals surface area contributed by atoms with Gasteiger partial charge in [-0.25, -0.2) is 0 Å². The van der Waals surface area contributed by atoms with Gasteiger partial charge in [-0.2, -0.15) is 0 Å². The largest absolute Gasteiger partial charge is 0.376 e. The van der Waals surface area contributed by atoms with Crippen LogP contribution in [0.15, 0.2) is 30.3 Å². The van der Waals surface area contributed by atoms with Gasteiger partial charge in [0.05, 0.1) is 12.1 Å². The molecule has 4 heteroatoms. The van der Waals surface area contributed by atoms with Crippen molar-refractivity contribution in [3.05, 3.63) is 35.9 Å². The number of carbonyl (C=O) groups is 1. The molecule has 3 N–H and O–H groups in total. The number of nitrogens with two attached hydrogens (primary N) is 1. The van der Waals surface area contributed by atoms with Crippen LogP contribution in [0.2, 0.25) is 0 Å². The minimum atomic E-state index is -0.0472. The third-order valence-electron chi connectivity index (χ3n) is 3.42. The van der Waals surface area contributed by atoms with E-state index in [9.17, 15) is 4.79 Å². The third kappa shape index (κ3) is 4.04. The summed E-state index contributed by atoms with van der Waals surface area (Å²) in [5, 5.41) is 3.09. The van der Waals surface area contributed by atoms with Crippen molar-refractivity contribution < 1.29 is 9.53 Å². The van der Waals surface area contributed by atoms with Crippen LogP contribution in [-0.2, 0) is 9.53 Å². The molecule has 2 rings (SSSR count). The Morgan fingerprint density at radius 2 is 2.21 bits per heavy atom. The van der Waals surface area contributed by atoms with Gasteiger partial charge in [0, 0.05) is 13.0 Å². The molecule has 4 nitrogen and oxygen atoms in total. The molecule has 0 aliphatic carbocycles. The lowest BCUT2D eigenvalue weighted by Gasteiger charge is -2.24. The Hall–Kier alpha value is -1.39. The molecule has 0 radical (unpaired) electrons. The van der Waals surface area contributed by atoms with Crippen LogP contribution in [0, 0.1) is 0 Å². The maximum Gasteiger partial charge on any atom is 0.220 e. The summed E-state index contributed by atoms with van der Waals surface area (Å²) in [7, 11) is 0. The smallest absolute Gasteiger partial charge is 0.220 e. The zero-order valence-electron chi connectivity index (χ0n) is 11.2. The highest BCUT2D eigenvalue weighted by Crippen LogP contribution is 2.26. The number of hydrogen-bond donors (Lipinski definition) is 2. The van der Waals surface area contributed by atoms with Gasteiger partial charge < -0.3 is 15.8 Å². The van der Waals surface area contributed by atoms with Crippen LogP contribution < -0.4 is 11.1 Å². The van der Waals surface area contributed by atoms with Gasteiger partial charge in [0.1, 0.15) is 0 Å². The summed E-state index contributed by atoms with van der Waals surface area (Å²) in [6.07, 6.45) is 3.35. The van der Waals surface area contributed by atoms with E-state index >= 15 is 0 Å². The van der Waals surface area contributed by atoms with Crippen LogP contribution in [0.25, 0.3) is 0 Å². The van der Waals surface area contributed by atoms with E-state index < -0.39 is 0 Å². The quantitative estimate of drug-likeness (QED) is 0.821. The molecule has 1 aliphatic rings. The van der Waals surface area contributed by atoms with E-state index in [4.69, 9.17) is 10.5 Å². The first-order valence-corrected chi connectivity index (χ1v) is 6.97. The summed E-state index contributed by atoms with van der Waals surface area (Å²) in [6.45, 7) is 1.33. The zero-order chi connectivity index (χ0) is 13.5. The number of rotatable bonds is 6. The number of ether oxygens (including phenoxy) is 1. The summed E-state index contributed by atoms with van der Waals surface area (Å²) in [5.41, 5.74) is 6.54. The molecule has 0 spiro atoms. The van der Waals surface area contributed by atoms with Gasteiger partial charge in [0.2, 0.25) is 5.91 Å². The number of carbonyl (C=O) groups excluding carboxylic acids is 1. The molecule has 1 aromatic rings. The summed E-state index contributed by atoms with van der Waals surface area (Å²) >= 11 is 0. The van der Waals surface area contributed by atoms with Gasteiger partial charge >= 0.3 is 0 Å². The van der Waals surface area contributed by atoms with Gasteiger partial charge in [-0.05, 0) is 31.4 Å². The van der Waals surface area contributed by atoms with Crippen LogP contribution >= 0.6 is 0 Å². The second-order valence-corrected chi connectivity index (χ2v) is 4.90. The maximum absolute atomic E-state index is 11.9. The second kappa shape index (κ2) is 7.26. The van der Waals surface area contributed by atoms with Crippen LogP contribution in [0.3, 0.4) is 0 Å². The molecule has 1 aliphatic heterocycles. The van der Waals surface area contributed by atoms with E-state index in [0.29, 0.717) is 13.0 Å². The monoisotopic (exact) mass is 262 g/mol. The van der Waals surface area contributed by atoms with Crippen molar-refractivity contribution in [2.24, 2.45) is 5.73 Å². The molecule has 0 unspecified atom stereocenters. The highest BCUT2D eigenvalue weighted by atomic mass is 16.5. The van der Waals surface area contributed by atoms with Gasteiger partial charge in [0.25, 0.3) is 0 Å². The van der Waals surface area contributed by atoms with E-state index in [2.05, 4.69) is 5.32 Å². The first-order valence-electron chi connectivity index (χ1n) is 6.97. The highest BCUT2D eigenvalue weighted by Gasteiger charge is 2.28. The van der Waals surface area contributed by atoms with E-state index in [1.165, 1.54) is 0 Å². The minimum Gasteiger partial charge on any atom is -0.376 e. The first-order chi connectivity index (χ1) is 9.31. The Labute approximate surface area is 114 Å². The van der Waals surface area contributed by atoms with E-state index in [0.717, 1.165) is 31.4 Å². The molecule has 104 valence electrons. The number of benzene rings is 1. The van der Waals surface area contributed by atoms with Gasteiger partial charge in [-0.3, -0.25) is 4.79 Å². The van der Waals surface area contributed by atoms with E-state index in [1.54, 1.807) is 0 Å². The molecule has 19 heavy (non-hydrogen) atoms. The molecule has 0 bridgehead atoms.